The molecule has 0 aromatic heterocycles. The fourth-order valence-corrected chi connectivity index (χ4v) is 3.42. The summed E-state index contributed by atoms with van der Waals surface area (Å²) in [6.07, 6.45) is 1.54. The van der Waals surface area contributed by atoms with Gasteiger partial charge in [0.1, 0.15) is 5.75 Å². The highest BCUT2D eigenvalue weighted by molar-refractivity contribution is 8.18. The summed E-state index contributed by atoms with van der Waals surface area (Å²) >= 11 is 0.768. The van der Waals surface area contributed by atoms with E-state index in [1.165, 1.54) is 25.1 Å². The van der Waals surface area contributed by atoms with Gasteiger partial charge in [0, 0.05) is 18.6 Å². The van der Waals surface area contributed by atoms with Crippen molar-refractivity contribution in [3.05, 3.63) is 74.7 Å². The number of hydrogen-bond donors (Lipinski definition) is 0. The number of ether oxygens (including phenoxy) is 1. The minimum atomic E-state index is -0.547. The third kappa shape index (κ3) is 4.26. The number of hydrogen-bond acceptors (Lipinski definition) is 7. The first-order chi connectivity index (χ1) is 13.3. The lowest BCUT2D eigenvalue weighted by atomic mass is 10.1. The van der Waals surface area contributed by atoms with Crippen LogP contribution in [0.5, 0.6) is 5.75 Å². The maximum absolute atomic E-state index is 12.6. The van der Waals surface area contributed by atoms with Crippen LogP contribution >= 0.6 is 11.8 Å². The second-order valence-electron chi connectivity index (χ2n) is 5.82. The maximum Gasteiger partial charge on any atom is 0.308 e. The molecule has 8 nitrogen and oxygen atoms in total. The first kappa shape index (κ1) is 19.3. The lowest BCUT2D eigenvalue weighted by molar-refractivity contribution is -0.385. The Bertz CT molecular complexity index is 1000. The number of nitrogens with zero attached hydrogens (tertiary/aromatic N) is 2. The highest BCUT2D eigenvalue weighted by Gasteiger charge is 2.36. The molecule has 0 spiro atoms. The lowest BCUT2D eigenvalue weighted by Crippen LogP contribution is -2.27. The molecule has 2 amide bonds. The smallest absolute Gasteiger partial charge is 0.308 e. The molecule has 2 aromatic rings. The lowest BCUT2D eigenvalue weighted by Gasteiger charge is -2.12. The Labute approximate surface area is 163 Å². The van der Waals surface area contributed by atoms with Gasteiger partial charge in [0.2, 0.25) is 0 Å². The first-order valence-corrected chi connectivity index (χ1v) is 8.93. The van der Waals surface area contributed by atoms with Crippen LogP contribution in [0.25, 0.3) is 6.08 Å². The zero-order valence-corrected chi connectivity index (χ0v) is 15.5. The van der Waals surface area contributed by atoms with Gasteiger partial charge in [0.25, 0.3) is 16.8 Å². The van der Waals surface area contributed by atoms with Crippen molar-refractivity contribution in [3.63, 3.8) is 0 Å². The summed E-state index contributed by atoms with van der Waals surface area (Å²) in [5.74, 6) is -0.588. The normalized spacial score (nSPS) is 15.2. The Kier molecular flexibility index (Phi) is 5.55. The highest BCUT2D eigenvalue weighted by atomic mass is 32.2. The summed E-state index contributed by atoms with van der Waals surface area (Å²) in [5.41, 5.74) is 0.778. The molecule has 0 atom stereocenters. The Morgan fingerprint density at radius 3 is 2.50 bits per heavy atom. The van der Waals surface area contributed by atoms with Gasteiger partial charge in [-0.2, -0.15) is 0 Å². The topological polar surface area (TPSA) is 107 Å². The van der Waals surface area contributed by atoms with E-state index in [9.17, 15) is 24.5 Å². The van der Waals surface area contributed by atoms with Crippen molar-refractivity contribution in [1.29, 1.82) is 0 Å². The summed E-state index contributed by atoms with van der Waals surface area (Å²) in [5, 5.41) is 10.6. The second kappa shape index (κ2) is 8.05. The van der Waals surface area contributed by atoms with Gasteiger partial charge in [-0.15, -0.1) is 0 Å². The fourth-order valence-electron chi connectivity index (χ4n) is 2.58. The quantitative estimate of drug-likeness (QED) is 0.248. The predicted octanol–water partition coefficient (Wildman–Crippen LogP) is 3.76. The molecule has 3 rings (SSSR count). The van der Waals surface area contributed by atoms with Crippen LogP contribution in [0.2, 0.25) is 0 Å². The fraction of sp³-hybridized carbons (Fsp3) is 0.105. The van der Waals surface area contributed by atoms with Crippen LogP contribution in [-0.2, 0) is 16.1 Å². The van der Waals surface area contributed by atoms with Gasteiger partial charge >= 0.3 is 5.97 Å². The average molecular weight is 398 g/mol. The average Bonchev–Trinajstić information content (AvgIpc) is 2.90. The van der Waals surface area contributed by atoms with Crippen molar-refractivity contribution in [2.24, 2.45) is 0 Å². The number of imide groups is 1. The van der Waals surface area contributed by atoms with Crippen LogP contribution in [-0.4, -0.2) is 26.9 Å². The van der Waals surface area contributed by atoms with Gasteiger partial charge in [-0.05, 0) is 35.5 Å². The molecule has 9 heteroatoms. The van der Waals surface area contributed by atoms with Gasteiger partial charge in [-0.1, -0.05) is 30.3 Å². The van der Waals surface area contributed by atoms with Gasteiger partial charge in [0.05, 0.1) is 16.4 Å². The van der Waals surface area contributed by atoms with Crippen LogP contribution in [0.15, 0.2) is 53.4 Å². The molecular weight excluding hydrogens is 384 g/mol. The van der Waals surface area contributed by atoms with Crippen LogP contribution < -0.4 is 4.74 Å². The Hall–Kier alpha value is -3.46. The number of amides is 2. The third-order valence-corrected chi connectivity index (χ3v) is 4.74. The minimum Gasteiger partial charge on any atom is -0.427 e. The van der Waals surface area contributed by atoms with Crippen LogP contribution in [0.3, 0.4) is 0 Å². The van der Waals surface area contributed by atoms with Crippen LogP contribution in [0.1, 0.15) is 18.1 Å². The van der Waals surface area contributed by atoms with Crippen molar-refractivity contribution >= 4 is 40.6 Å². The van der Waals surface area contributed by atoms with Crippen molar-refractivity contribution in [3.8, 4) is 5.75 Å². The van der Waals surface area contributed by atoms with Crippen molar-refractivity contribution in [1.82, 2.24) is 4.90 Å². The zero-order chi connectivity index (χ0) is 20.3. The van der Waals surface area contributed by atoms with E-state index in [0.717, 1.165) is 16.7 Å². The molecule has 0 bridgehead atoms. The zero-order valence-electron chi connectivity index (χ0n) is 14.7. The molecule has 0 N–H and O–H groups in total. The summed E-state index contributed by atoms with van der Waals surface area (Å²) in [7, 11) is 0. The molecular formula is C19H14N2O6S. The Morgan fingerprint density at radius 1 is 1.18 bits per heavy atom. The van der Waals surface area contributed by atoms with Gasteiger partial charge in [-0.25, -0.2) is 0 Å². The van der Waals surface area contributed by atoms with E-state index >= 15 is 0 Å². The molecule has 1 heterocycles. The number of carbonyl (C=O) groups is 3. The van der Waals surface area contributed by atoms with E-state index in [1.807, 2.05) is 0 Å². The standard InChI is InChI=1S/C19H14N2O6S/c1-12(22)27-15-8-6-13(7-9-15)10-17-18(23)20(19(24)28-17)11-14-4-2-3-5-16(14)21(25)26/h2-10H,11H2,1H3/b17-10-. The van der Waals surface area contributed by atoms with Crippen molar-refractivity contribution in [2.45, 2.75) is 13.5 Å². The molecule has 0 radical (unpaired) electrons. The summed E-state index contributed by atoms with van der Waals surface area (Å²) in [6.45, 7) is 1.12. The van der Waals surface area contributed by atoms with Crippen LogP contribution in [0.4, 0.5) is 10.5 Å². The summed E-state index contributed by atoms with van der Waals surface area (Å²) in [6, 6.07) is 12.4. The first-order valence-electron chi connectivity index (χ1n) is 8.11. The van der Waals surface area contributed by atoms with E-state index in [2.05, 4.69) is 0 Å². The molecule has 2 aromatic carbocycles. The van der Waals surface area contributed by atoms with E-state index < -0.39 is 22.0 Å². The molecule has 0 saturated carbocycles. The number of carbonyl (C=O) groups excluding carboxylic acids is 3. The molecule has 1 saturated heterocycles. The maximum atomic E-state index is 12.6. The van der Waals surface area contributed by atoms with Crippen molar-refractivity contribution < 1.29 is 24.0 Å². The molecule has 0 unspecified atom stereocenters. The number of nitro benzene ring substituents is 1. The van der Waals surface area contributed by atoms with Crippen LogP contribution in [0, 0.1) is 10.1 Å². The van der Waals surface area contributed by atoms with Gasteiger partial charge < -0.3 is 4.74 Å². The highest BCUT2D eigenvalue weighted by Crippen LogP contribution is 2.34. The molecule has 0 aliphatic carbocycles. The summed E-state index contributed by atoms with van der Waals surface area (Å²) < 4.78 is 4.94. The number of benzene rings is 2. The molecule has 1 aliphatic heterocycles. The number of esters is 1. The number of nitro groups is 1. The largest absolute Gasteiger partial charge is 0.427 e. The predicted molar refractivity (Wildman–Crippen MR) is 102 cm³/mol. The molecule has 28 heavy (non-hydrogen) atoms. The van der Waals surface area contributed by atoms with E-state index in [1.54, 1.807) is 36.4 Å². The molecule has 1 aliphatic rings. The minimum absolute atomic E-state index is 0.147. The monoisotopic (exact) mass is 398 g/mol. The van der Waals surface area contributed by atoms with E-state index in [0.29, 0.717) is 11.3 Å². The summed E-state index contributed by atoms with van der Waals surface area (Å²) in [4.78, 5) is 47.6. The second-order valence-corrected chi connectivity index (χ2v) is 6.81. The van der Waals surface area contributed by atoms with Gasteiger partial charge in [-0.3, -0.25) is 29.4 Å². The Morgan fingerprint density at radius 2 is 1.86 bits per heavy atom. The SMILES string of the molecule is CC(=O)Oc1ccc(/C=C2\SC(=O)N(Cc3ccccc3[N+](=O)[O-])C2=O)cc1. The number of para-hydroxylation sites is 1. The number of thioether (sulfide) groups is 1. The third-order valence-electron chi connectivity index (χ3n) is 3.83. The van der Waals surface area contributed by atoms with Gasteiger partial charge in [0.15, 0.2) is 0 Å². The Balaban J connectivity index is 1.79. The molecule has 142 valence electrons. The van der Waals surface area contributed by atoms with Crippen molar-refractivity contribution in [2.75, 3.05) is 0 Å². The molecule has 1 fully saturated rings. The number of rotatable bonds is 5. The van der Waals surface area contributed by atoms with E-state index in [-0.39, 0.29) is 22.7 Å². The van der Waals surface area contributed by atoms with E-state index in [4.69, 9.17) is 4.74 Å².